The SMILES string of the molecule is CCc1ccc(C(C(=O)NC2CCCCC2)N(C(=O)C(NC(=O)OC(C)(C)C)C(C)C)C2CCC2)cc1. The maximum Gasteiger partial charge on any atom is 0.408 e. The maximum absolute atomic E-state index is 14.2. The van der Waals surface area contributed by atoms with Crippen LogP contribution in [0.2, 0.25) is 0 Å². The van der Waals surface area contributed by atoms with Gasteiger partial charge >= 0.3 is 6.09 Å². The normalized spacial score (nSPS) is 18.5. The maximum atomic E-state index is 14.2. The Morgan fingerprint density at radius 3 is 2.08 bits per heavy atom. The molecule has 0 saturated heterocycles. The Hall–Kier alpha value is -2.57. The van der Waals surface area contributed by atoms with Gasteiger partial charge in [-0.2, -0.15) is 0 Å². The van der Waals surface area contributed by atoms with Gasteiger partial charge < -0.3 is 20.3 Å². The molecule has 2 fully saturated rings. The summed E-state index contributed by atoms with van der Waals surface area (Å²) in [6.07, 6.45) is 8.37. The summed E-state index contributed by atoms with van der Waals surface area (Å²) in [5, 5.41) is 6.10. The van der Waals surface area contributed by atoms with Crippen LogP contribution in [0.25, 0.3) is 0 Å². The molecule has 3 amide bonds. The molecule has 37 heavy (non-hydrogen) atoms. The van der Waals surface area contributed by atoms with Crippen molar-refractivity contribution in [3.8, 4) is 0 Å². The van der Waals surface area contributed by atoms with Crippen LogP contribution < -0.4 is 10.6 Å². The van der Waals surface area contributed by atoms with Crippen molar-refractivity contribution in [1.82, 2.24) is 15.5 Å². The average molecular weight is 514 g/mol. The van der Waals surface area contributed by atoms with Gasteiger partial charge in [0.2, 0.25) is 11.8 Å². The molecule has 0 aliphatic heterocycles. The average Bonchev–Trinajstić information content (AvgIpc) is 2.80. The molecule has 2 aliphatic carbocycles. The van der Waals surface area contributed by atoms with Crippen LogP contribution in [0.4, 0.5) is 4.79 Å². The molecule has 7 nitrogen and oxygen atoms in total. The fraction of sp³-hybridized carbons (Fsp3) is 0.700. The van der Waals surface area contributed by atoms with Crippen molar-refractivity contribution in [2.45, 2.75) is 129 Å². The Bertz CT molecular complexity index is 912. The largest absolute Gasteiger partial charge is 0.444 e. The summed E-state index contributed by atoms with van der Waals surface area (Å²) >= 11 is 0. The molecule has 0 aromatic heterocycles. The van der Waals surface area contributed by atoms with Gasteiger partial charge in [0.1, 0.15) is 17.7 Å². The first-order valence-corrected chi connectivity index (χ1v) is 14.2. The third-order valence-corrected chi connectivity index (χ3v) is 7.51. The van der Waals surface area contributed by atoms with E-state index in [-0.39, 0.29) is 29.8 Å². The number of carbonyl (C=O) groups excluding carboxylic acids is 3. The number of carbonyl (C=O) groups is 3. The van der Waals surface area contributed by atoms with Gasteiger partial charge in [-0.15, -0.1) is 0 Å². The Kier molecular flexibility index (Phi) is 10.0. The number of amides is 3. The van der Waals surface area contributed by atoms with Gasteiger partial charge in [0, 0.05) is 12.1 Å². The molecule has 0 radical (unpaired) electrons. The number of nitrogens with zero attached hydrogens (tertiary/aromatic N) is 1. The molecular weight excluding hydrogens is 466 g/mol. The first kappa shape index (κ1) is 29.0. The van der Waals surface area contributed by atoms with E-state index in [4.69, 9.17) is 4.74 Å². The lowest BCUT2D eigenvalue weighted by Gasteiger charge is -2.44. The van der Waals surface area contributed by atoms with Gasteiger partial charge in [0.05, 0.1) is 0 Å². The first-order valence-electron chi connectivity index (χ1n) is 14.2. The number of alkyl carbamates (subject to hydrolysis) is 1. The molecule has 2 saturated carbocycles. The van der Waals surface area contributed by atoms with E-state index in [1.165, 1.54) is 12.0 Å². The van der Waals surface area contributed by atoms with Gasteiger partial charge in [-0.3, -0.25) is 9.59 Å². The quantitative estimate of drug-likeness (QED) is 0.445. The van der Waals surface area contributed by atoms with Crippen LogP contribution in [0, 0.1) is 5.92 Å². The van der Waals surface area contributed by atoms with Gasteiger partial charge in [-0.25, -0.2) is 4.79 Å². The van der Waals surface area contributed by atoms with Crippen molar-refractivity contribution >= 4 is 17.9 Å². The van der Waals surface area contributed by atoms with Crippen LogP contribution in [-0.4, -0.2) is 46.5 Å². The summed E-state index contributed by atoms with van der Waals surface area (Å²) in [5.41, 5.74) is 1.32. The van der Waals surface area contributed by atoms with Crippen molar-refractivity contribution in [1.29, 1.82) is 0 Å². The number of aryl methyl sites for hydroxylation is 1. The molecule has 206 valence electrons. The van der Waals surface area contributed by atoms with E-state index >= 15 is 0 Å². The zero-order valence-electron chi connectivity index (χ0n) is 23.6. The second-order valence-electron chi connectivity index (χ2n) is 12.0. The zero-order valence-corrected chi connectivity index (χ0v) is 23.6. The number of hydrogen-bond acceptors (Lipinski definition) is 4. The number of hydrogen-bond donors (Lipinski definition) is 2. The van der Waals surface area contributed by atoms with E-state index in [1.54, 1.807) is 25.7 Å². The smallest absolute Gasteiger partial charge is 0.408 e. The summed E-state index contributed by atoms with van der Waals surface area (Å²) in [5.74, 6) is -0.530. The van der Waals surface area contributed by atoms with E-state index in [1.807, 2.05) is 38.1 Å². The molecule has 0 heterocycles. The van der Waals surface area contributed by atoms with Crippen LogP contribution in [0.3, 0.4) is 0 Å². The van der Waals surface area contributed by atoms with Crippen LogP contribution >= 0.6 is 0 Å². The van der Waals surface area contributed by atoms with Gasteiger partial charge in [0.15, 0.2) is 0 Å². The van der Waals surface area contributed by atoms with E-state index in [0.717, 1.165) is 56.9 Å². The highest BCUT2D eigenvalue weighted by Gasteiger charge is 2.43. The first-order chi connectivity index (χ1) is 17.5. The second-order valence-corrected chi connectivity index (χ2v) is 12.0. The molecule has 1 aromatic carbocycles. The number of rotatable bonds is 9. The molecule has 2 atom stereocenters. The topological polar surface area (TPSA) is 87.7 Å². The van der Waals surface area contributed by atoms with E-state index in [9.17, 15) is 14.4 Å². The third kappa shape index (κ3) is 7.96. The highest BCUT2D eigenvalue weighted by molar-refractivity contribution is 5.92. The fourth-order valence-electron chi connectivity index (χ4n) is 5.19. The van der Waals surface area contributed by atoms with Crippen molar-refractivity contribution in [2.24, 2.45) is 5.92 Å². The summed E-state index contributed by atoms with van der Waals surface area (Å²) in [4.78, 5) is 42.6. The lowest BCUT2D eigenvalue weighted by molar-refractivity contribution is -0.148. The Balaban J connectivity index is 1.95. The summed E-state index contributed by atoms with van der Waals surface area (Å²) < 4.78 is 5.47. The van der Waals surface area contributed by atoms with Gasteiger partial charge in [0.25, 0.3) is 0 Å². The van der Waals surface area contributed by atoms with Gasteiger partial charge in [-0.1, -0.05) is 64.3 Å². The molecule has 3 rings (SSSR count). The van der Waals surface area contributed by atoms with E-state index < -0.39 is 23.8 Å². The van der Waals surface area contributed by atoms with Gasteiger partial charge in [-0.05, 0) is 76.3 Å². The van der Waals surface area contributed by atoms with E-state index in [2.05, 4.69) is 17.6 Å². The molecule has 0 spiro atoms. The molecule has 7 heteroatoms. The Morgan fingerprint density at radius 1 is 0.973 bits per heavy atom. The molecule has 2 N–H and O–H groups in total. The van der Waals surface area contributed by atoms with Crippen molar-refractivity contribution in [2.75, 3.05) is 0 Å². The summed E-state index contributed by atoms with van der Waals surface area (Å²) in [6.45, 7) is 11.3. The molecule has 2 aliphatic rings. The number of nitrogens with one attached hydrogen (secondary N) is 2. The minimum atomic E-state index is -0.796. The number of ether oxygens (including phenoxy) is 1. The highest BCUT2D eigenvalue weighted by Crippen LogP contribution is 2.35. The standard InChI is InChI=1S/C30H47N3O4/c1-7-21-16-18-22(19-17-21)26(27(34)31-23-12-9-8-10-13-23)33(24-14-11-15-24)28(35)25(20(2)3)32-29(36)37-30(4,5)6/h16-20,23-26H,7-15H2,1-6H3,(H,31,34)(H,32,36). The Labute approximate surface area is 223 Å². The van der Waals surface area contributed by atoms with Crippen molar-refractivity contribution in [3.05, 3.63) is 35.4 Å². The Morgan fingerprint density at radius 2 is 1.59 bits per heavy atom. The minimum absolute atomic E-state index is 0.0397. The fourth-order valence-corrected chi connectivity index (χ4v) is 5.19. The molecular formula is C30H47N3O4. The third-order valence-electron chi connectivity index (χ3n) is 7.51. The predicted molar refractivity (Wildman–Crippen MR) is 146 cm³/mol. The summed E-state index contributed by atoms with van der Waals surface area (Å²) in [7, 11) is 0. The zero-order chi connectivity index (χ0) is 27.2. The molecule has 1 aromatic rings. The molecule has 0 bridgehead atoms. The van der Waals surface area contributed by atoms with Crippen LogP contribution in [0.1, 0.15) is 110 Å². The minimum Gasteiger partial charge on any atom is -0.444 e. The second kappa shape index (κ2) is 12.8. The highest BCUT2D eigenvalue weighted by atomic mass is 16.6. The van der Waals surface area contributed by atoms with Crippen molar-refractivity contribution < 1.29 is 19.1 Å². The van der Waals surface area contributed by atoms with Crippen LogP contribution in [0.5, 0.6) is 0 Å². The summed E-state index contributed by atoms with van der Waals surface area (Å²) in [6, 6.07) is 6.60. The molecule has 2 unspecified atom stereocenters. The van der Waals surface area contributed by atoms with Crippen LogP contribution in [0.15, 0.2) is 24.3 Å². The monoisotopic (exact) mass is 513 g/mol. The van der Waals surface area contributed by atoms with Crippen molar-refractivity contribution in [3.63, 3.8) is 0 Å². The van der Waals surface area contributed by atoms with Crippen LogP contribution in [-0.2, 0) is 20.7 Å². The van der Waals surface area contributed by atoms with E-state index in [0.29, 0.717) is 0 Å². The lowest BCUT2D eigenvalue weighted by Crippen LogP contribution is -2.59. The predicted octanol–water partition coefficient (Wildman–Crippen LogP) is 5.67. The lowest BCUT2D eigenvalue weighted by atomic mass is 9.87. The number of benzene rings is 1.